The summed E-state index contributed by atoms with van der Waals surface area (Å²) in [6, 6.07) is 8.81. The second kappa shape index (κ2) is 8.88. The molecule has 3 aromatic rings. The Hall–Kier alpha value is -2.51. The molecule has 1 atom stereocenters. The molecule has 0 saturated heterocycles. The van der Waals surface area contributed by atoms with Crippen molar-refractivity contribution in [3.8, 4) is 11.6 Å². The molecule has 0 saturated carbocycles. The fourth-order valence-corrected chi connectivity index (χ4v) is 3.88. The van der Waals surface area contributed by atoms with Crippen molar-refractivity contribution in [2.75, 3.05) is 6.61 Å². The summed E-state index contributed by atoms with van der Waals surface area (Å²) >= 11 is 6.19. The number of nitrogens with zero attached hydrogens (tertiary/aromatic N) is 4. The fraction of sp³-hybridized carbons (Fsp3) is 0.381. The lowest BCUT2D eigenvalue weighted by atomic mass is 9.99. The van der Waals surface area contributed by atoms with Gasteiger partial charge in [-0.15, -0.1) is 10.2 Å². The maximum Gasteiger partial charge on any atom is 0.250 e. The Labute approximate surface area is 174 Å². The molecule has 2 aromatic heterocycles. The summed E-state index contributed by atoms with van der Waals surface area (Å²) in [7, 11) is 0. The van der Waals surface area contributed by atoms with Crippen LogP contribution in [0, 0.1) is 5.82 Å². The van der Waals surface area contributed by atoms with Crippen molar-refractivity contribution in [3.63, 3.8) is 0 Å². The minimum absolute atomic E-state index is 0.0498. The molecule has 1 aliphatic heterocycles. The van der Waals surface area contributed by atoms with E-state index >= 15 is 0 Å². The Bertz CT molecular complexity index is 993. The van der Waals surface area contributed by atoms with Crippen LogP contribution in [-0.4, -0.2) is 26.4 Å². The molecular weight excluding hydrogens is 393 g/mol. The van der Waals surface area contributed by atoms with E-state index in [4.69, 9.17) is 16.3 Å². The Morgan fingerprint density at radius 3 is 3.00 bits per heavy atom. The van der Waals surface area contributed by atoms with Gasteiger partial charge in [0.05, 0.1) is 18.8 Å². The van der Waals surface area contributed by atoms with Gasteiger partial charge in [0.1, 0.15) is 5.82 Å². The quantitative estimate of drug-likeness (QED) is 0.579. The van der Waals surface area contributed by atoms with E-state index in [1.807, 2.05) is 18.2 Å². The maximum absolute atomic E-state index is 13.6. The Kier molecular flexibility index (Phi) is 6.06. The van der Waals surface area contributed by atoms with Crippen LogP contribution in [0.5, 0.6) is 5.88 Å². The highest BCUT2D eigenvalue weighted by molar-refractivity contribution is 6.30. The normalized spacial score (nSPS) is 14.0. The summed E-state index contributed by atoms with van der Waals surface area (Å²) < 4.78 is 21.3. The van der Waals surface area contributed by atoms with Gasteiger partial charge >= 0.3 is 0 Å². The molecule has 1 N–H and O–H groups in total. The highest BCUT2D eigenvalue weighted by Crippen LogP contribution is 2.30. The van der Waals surface area contributed by atoms with E-state index in [9.17, 15) is 4.39 Å². The van der Waals surface area contributed by atoms with Crippen LogP contribution in [0.4, 0.5) is 4.39 Å². The number of hydrogen-bond acceptors (Lipinski definition) is 5. The lowest BCUT2D eigenvalue weighted by Crippen LogP contribution is -2.12. The number of aromatic nitrogens is 4. The van der Waals surface area contributed by atoms with Gasteiger partial charge < -0.3 is 10.1 Å². The van der Waals surface area contributed by atoms with Gasteiger partial charge in [-0.1, -0.05) is 18.5 Å². The zero-order chi connectivity index (χ0) is 20.2. The van der Waals surface area contributed by atoms with Crippen molar-refractivity contribution in [1.29, 1.82) is 0 Å². The third kappa shape index (κ3) is 4.26. The first-order chi connectivity index (χ1) is 14.2. The van der Waals surface area contributed by atoms with Crippen LogP contribution < -0.4 is 10.1 Å². The predicted octanol–water partition coefficient (Wildman–Crippen LogP) is 4.41. The molecular formula is C21H23ClFN5O. The molecule has 0 bridgehead atoms. The van der Waals surface area contributed by atoms with Gasteiger partial charge in [-0.05, 0) is 55.2 Å². The molecule has 0 radical (unpaired) electrons. The van der Waals surface area contributed by atoms with Crippen LogP contribution in [0.15, 0.2) is 36.5 Å². The highest BCUT2D eigenvalue weighted by Gasteiger charge is 2.24. The lowest BCUT2D eigenvalue weighted by molar-refractivity contribution is 0.274. The topological polar surface area (TPSA) is 64.9 Å². The second-order valence-corrected chi connectivity index (χ2v) is 7.51. The van der Waals surface area contributed by atoms with E-state index < -0.39 is 5.82 Å². The molecule has 1 aliphatic rings. The number of pyridine rings is 1. The first kappa shape index (κ1) is 19.8. The summed E-state index contributed by atoms with van der Waals surface area (Å²) in [5, 5.41) is 13.0. The van der Waals surface area contributed by atoms with Gasteiger partial charge in [0.25, 0.3) is 0 Å². The largest absolute Gasteiger partial charge is 0.476 e. The predicted molar refractivity (Wildman–Crippen MR) is 109 cm³/mol. The first-order valence-electron chi connectivity index (χ1n) is 9.84. The zero-order valence-electron chi connectivity index (χ0n) is 16.2. The van der Waals surface area contributed by atoms with Gasteiger partial charge in [0.15, 0.2) is 11.6 Å². The molecule has 3 heterocycles. The minimum Gasteiger partial charge on any atom is -0.476 e. The van der Waals surface area contributed by atoms with Gasteiger partial charge in [-0.25, -0.2) is 9.37 Å². The van der Waals surface area contributed by atoms with Crippen LogP contribution in [-0.2, 0) is 13.1 Å². The first-order valence-corrected chi connectivity index (χ1v) is 10.2. The number of fused-ring (bicyclic) bond motifs is 3. The molecule has 1 aromatic carbocycles. The van der Waals surface area contributed by atoms with Crippen molar-refractivity contribution in [3.05, 3.63) is 64.6 Å². The number of hydrogen-bond donors (Lipinski definition) is 1. The van der Waals surface area contributed by atoms with E-state index in [0.29, 0.717) is 13.2 Å². The lowest BCUT2D eigenvalue weighted by Gasteiger charge is -2.18. The molecule has 29 heavy (non-hydrogen) atoms. The number of benzene rings is 1. The standard InChI is InChI=1S/C21H23ClFN5O/c1-2-14(5-4-10-29-21-17(23)6-3-9-25-21)20-27-26-19-13-24-12-15-11-16(22)7-8-18(15)28(19)20/h3,6-9,11,14,24H,2,4-5,10,12-13H2,1H3. The molecule has 4 rings (SSSR count). The van der Waals surface area contributed by atoms with Crippen LogP contribution in [0.2, 0.25) is 5.02 Å². The van der Waals surface area contributed by atoms with Gasteiger partial charge in [0, 0.05) is 23.7 Å². The molecule has 0 fully saturated rings. The summed E-state index contributed by atoms with van der Waals surface area (Å²) in [6.07, 6.45) is 4.07. The minimum atomic E-state index is -0.440. The smallest absolute Gasteiger partial charge is 0.250 e. The summed E-state index contributed by atoms with van der Waals surface area (Å²) in [6.45, 7) is 3.93. The molecule has 8 heteroatoms. The molecule has 1 unspecified atom stereocenters. The van der Waals surface area contributed by atoms with Gasteiger partial charge in [-0.3, -0.25) is 4.57 Å². The zero-order valence-corrected chi connectivity index (χ0v) is 17.0. The maximum atomic E-state index is 13.6. The second-order valence-electron chi connectivity index (χ2n) is 7.07. The van der Waals surface area contributed by atoms with Crippen LogP contribution in [0.25, 0.3) is 5.69 Å². The molecule has 0 spiro atoms. The average molecular weight is 416 g/mol. The van der Waals surface area contributed by atoms with Gasteiger partial charge in [-0.2, -0.15) is 0 Å². The van der Waals surface area contributed by atoms with Gasteiger partial charge in [0.2, 0.25) is 5.88 Å². The molecule has 152 valence electrons. The third-order valence-electron chi connectivity index (χ3n) is 5.15. The number of rotatable bonds is 7. The summed E-state index contributed by atoms with van der Waals surface area (Å²) in [5.74, 6) is 1.67. The van der Waals surface area contributed by atoms with E-state index in [0.717, 1.165) is 53.7 Å². The van der Waals surface area contributed by atoms with E-state index in [2.05, 4.69) is 32.0 Å². The number of nitrogens with one attached hydrogen (secondary N) is 1. The van der Waals surface area contributed by atoms with E-state index in [1.165, 1.54) is 12.3 Å². The monoisotopic (exact) mass is 415 g/mol. The molecule has 6 nitrogen and oxygen atoms in total. The summed E-state index contributed by atoms with van der Waals surface area (Å²) in [4.78, 5) is 3.92. The van der Waals surface area contributed by atoms with Crippen molar-refractivity contribution in [2.45, 2.75) is 45.2 Å². The number of ether oxygens (including phenoxy) is 1. The highest BCUT2D eigenvalue weighted by atomic mass is 35.5. The van der Waals surface area contributed by atoms with Crippen molar-refractivity contribution in [1.82, 2.24) is 25.1 Å². The fourth-order valence-electron chi connectivity index (χ4n) is 3.69. The summed E-state index contributed by atoms with van der Waals surface area (Å²) in [5.41, 5.74) is 2.20. The van der Waals surface area contributed by atoms with E-state index in [-0.39, 0.29) is 11.8 Å². The molecule has 0 amide bonds. The van der Waals surface area contributed by atoms with Crippen LogP contribution >= 0.6 is 11.6 Å². The van der Waals surface area contributed by atoms with E-state index in [1.54, 1.807) is 6.07 Å². The van der Waals surface area contributed by atoms with Crippen LogP contribution in [0.3, 0.4) is 0 Å². The van der Waals surface area contributed by atoms with Crippen molar-refractivity contribution in [2.24, 2.45) is 0 Å². The Morgan fingerprint density at radius 1 is 1.28 bits per heavy atom. The third-order valence-corrected chi connectivity index (χ3v) is 5.39. The number of halogens is 2. The average Bonchev–Trinajstić information content (AvgIpc) is 3.04. The van der Waals surface area contributed by atoms with Crippen LogP contribution in [0.1, 0.15) is 49.3 Å². The molecule has 0 aliphatic carbocycles. The Balaban J connectivity index is 1.50. The SMILES string of the molecule is CCC(CCCOc1ncccc1F)c1nnc2n1-c1ccc(Cl)cc1CNC2. The Morgan fingerprint density at radius 2 is 2.17 bits per heavy atom. The van der Waals surface area contributed by atoms with Crippen molar-refractivity contribution < 1.29 is 9.13 Å². The van der Waals surface area contributed by atoms with Crippen molar-refractivity contribution >= 4 is 11.6 Å².